The van der Waals surface area contributed by atoms with Crippen LogP contribution in [0.2, 0.25) is 0 Å². The third-order valence-corrected chi connectivity index (χ3v) is 6.22. The Morgan fingerprint density at radius 1 is 1.17 bits per heavy atom. The molecule has 0 bridgehead atoms. The van der Waals surface area contributed by atoms with Crippen molar-refractivity contribution >= 4 is 63.5 Å². The molecular formula is C22H21ClN2O3S2. The van der Waals surface area contributed by atoms with Crippen LogP contribution in [0.25, 0.3) is 17.2 Å². The average molecular weight is 461 g/mol. The number of carboxylic acid groups (broad SMARTS) is 1. The van der Waals surface area contributed by atoms with E-state index < -0.39 is 12.5 Å². The molecular weight excluding hydrogens is 440 g/mol. The van der Waals surface area contributed by atoms with Gasteiger partial charge in [0, 0.05) is 24.7 Å². The van der Waals surface area contributed by atoms with E-state index in [4.69, 9.17) is 28.9 Å². The number of carbonyl (C=O) groups is 2. The summed E-state index contributed by atoms with van der Waals surface area (Å²) in [4.78, 5) is 27.0. The summed E-state index contributed by atoms with van der Waals surface area (Å²) in [5.41, 5.74) is 4.16. The molecule has 1 N–H and O–H groups in total. The van der Waals surface area contributed by atoms with Gasteiger partial charge in [-0.3, -0.25) is 14.5 Å². The third-order valence-electron chi connectivity index (χ3n) is 4.68. The van der Waals surface area contributed by atoms with Crippen LogP contribution in [-0.4, -0.2) is 51.7 Å². The lowest BCUT2D eigenvalue weighted by Crippen LogP contribution is -2.33. The molecule has 156 valence electrons. The Labute approximate surface area is 190 Å². The van der Waals surface area contributed by atoms with Crippen LogP contribution in [0.4, 0.5) is 5.69 Å². The topological polar surface area (TPSA) is 60.9 Å². The maximum atomic E-state index is 12.4. The van der Waals surface area contributed by atoms with E-state index >= 15 is 0 Å². The van der Waals surface area contributed by atoms with Crippen molar-refractivity contribution in [1.29, 1.82) is 0 Å². The second-order valence-electron chi connectivity index (χ2n) is 6.60. The number of benzene rings is 2. The van der Waals surface area contributed by atoms with Crippen LogP contribution in [0, 0.1) is 0 Å². The van der Waals surface area contributed by atoms with Crippen LogP contribution in [-0.2, 0) is 9.59 Å². The smallest absolute Gasteiger partial charge is 0.323 e. The normalized spacial score (nSPS) is 15.1. The van der Waals surface area contributed by atoms with E-state index in [0.29, 0.717) is 10.8 Å². The summed E-state index contributed by atoms with van der Waals surface area (Å²) in [6, 6.07) is 16.2. The highest BCUT2D eigenvalue weighted by Crippen LogP contribution is 2.32. The molecule has 3 rings (SSSR count). The van der Waals surface area contributed by atoms with Gasteiger partial charge in [-0.15, -0.1) is 11.6 Å². The summed E-state index contributed by atoms with van der Waals surface area (Å²) >= 11 is 12.1. The van der Waals surface area contributed by atoms with E-state index in [0.717, 1.165) is 52.1 Å². The van der Waals surface area contributed by atoms with E-state index in [1.165, 1.54) is 0 Å². The molecule has 5 nitrogen and oxygen atoms in total. The molecule has 0 aliphatic carbocycles. The minimum Gasteiger partial charge on any atom is -0.480 e. The second-order valence-corrected chi connectivity index (χ2v) is 8.65. The van der Waals surface area contributed by atoms with E-state index in [1.54, 1.807) is 6.08 Å². The highest BCUT2D eigenvalue weighted by molar-refractivity contribution is 8.26. The monoisotopic (exact) mass is 460 g/mol. The number of hydrogen-bond donors (Lipinski definition) is 1. The highest BCUT2D eigenvalue weighted by atomic mass is 35.5. The Morgan fingerprint density at radius 3 is 2.30 bits per heavy atom. The van der Waals surface area contributed by atoms with Gasteiger partial charge in [0.1, 0.15) is 10.9 Å². The minimum absolute atomic E-state index is 0.264. The molecule has 0 unspecified atom stereocenters. The zero-order valence-electron chi connectivity index (χ0n) is 16.4. The van der Waals surface area contributed by atoms with Gasteiger partial charge in [-0.2, -0.15) is 0 Å². The van der Waals surface area contributed by atoms with Crippen molar-refractivity contribution in [2.24, 2.45) is 0 Å². The number of nitrogens with zero attached hydrogens (tertiary/aromatic N) is 2. The van der Waals surface area contributed by atoms with E-state index in [9.17, 15) is 9.59 Å². The fourth-order valence-corrected chi connectivity index (χ4v) is 4.59. The first-order chi connectivity index (χ1) is 14.4. The highest BCUT2D eigenvalue weighted by Gasteiger charge is 2.33. The first kappa shape index (κ1) is 22.3. The first-order valence-electron chi connectivity index (χ1n) is 9.41. The third kappa shape index (κ3) is 5.22. The number of thioether (sulfide) groups is 1. The van der Waals surface area contributed by atoms with Crippen molar-refractivity contribution in [3.63, 3.8) is 0 Å². The molecule has 30 heavy (non-hydrogen) atoms. The van der Waals surface area contributed by atoms with E-state index in [1.807, 2.05) is 24.3 Å². The van der Waals surface area contributed by atoms with Crippen molar-refractivity contribution in [3.05, 3.63) is 59.0 Å². The van der Waals surface area contributed by atoms with Gasteiger partial charge >= 0.3 is 5.97 Å². The van der Waals surface area contributed by atoms with Crippen LogP contribution in [0.1, 0.15) is 12.5 Å². The average Bonchev–Trinajstić information content (AvgIpc) is 3.00. The molecule has 1 fully saturated rings. The summed E-state index contributed by atoms with van der Waals surface area (Å²) in [7, 11) is 0. The van der Waals surface area contributed by atoms with Gasteiger partial charge in [-0.05, 0) is 41.8 Å². The Hall–Kier alpha value is -2.35. The van der Waals surface area contributed by atoms with Gasteiger partial charge < -0.3 is 10.0 Å². The predicted octanol–water partition coefficient (Wildman–Crippen LogP) is 4.70. The maximum Gasteiger partial charge on any atom is 0.323 e. The molecule has 0 radical (unpaired) electrons. The van der Waals surface area contributed by atoms with Crippen LogP contribution in [0.3, 0.4) is 0 Å². The van der Waals surface area contributed by atoms with Crippen molar-refractivity contribution in [2.45, 2.75) is 6.92 Å². The van der Waals surface area contributed by atoms with Crippen LogP contribution in [0.5, 0.6) is 0 Å². The van der Waals surface area contributed by atoms with Gasteiger partial charge in [-0.1, -0.05) is 60.4 Å². The van der Waals surface area contributed by atoms with E-state index in [2.05, 4.69) is 36.1 Å². The molecule has 0 spiro atoms. The number of amides is 1. The number of halogens is 1. The van der Waals surface area contributed by atoms with E-state index in [-0.39, 0.29) is 10.2 Å². The summed E-state index contributed by atoms with van der Waals surface area (Å²) in [6.45, 7) is 3.40. The number of thiocarbonyl (C=S) groups is 1. The van der Waals surface area contributed by atoms with Gasteiger partial charge in [0.25, 0.3) is 5.91 Å². The van der Waals surface area contributed by atoms with Gasteiger partial charge in [0.15, 0.2) is 0 Å². The predicted molar refractivity (Wildman–Crippen MR) is 128 cm³/mol. The quantitative estimate of drug-likeness (QED) is 0.350. The SMILES string of the molecule is CCN(CCCl)c1ccc(-c2ccc(/C=C3/SC(=S)N(CC(=O)O)C3=O)cc2)cc1. The van der Waals surface area contributed by atoms with Crippen molar-refractivity contribution in [2.75, 3.05) is 30.4 Å². The van der Waals surface area contributed by atoms with Crippen molar-refractivity contribution < 1.29 is 14.7 Å². The maximum absolute atomic E-state index is 12.4. The number of anilines is 1. The number of carboxylic acids is 1. The van der Waals surface area contributed by atoms with Crippen LogP contribution < -0.4 is 4.90 Å². The van der Waals surface area contributed by atoms with Crippen LogP contribution in [0.15, 0.2) is 53.4 Å². The van der Waals surface area contributed by atoms with Crippen molar-refractivity contribution in [3.8, 4) is 11.1 Å². The zero-order chi connectivity index (χ0) is 21.7. The summed E-state index contributed by atoms with van der Waals surface area (Å²) < 4.78 is 0.264. The van der Waals surface area contributed by atoms with Gasteiger partial charge in [0.05, 0.1) is 4.91 Å². The molecule has 1 saturated heterocycles. The van der Waals surface area contributed by atoms with Crippen molar-refractivity contribution in [1.82, 2.24) is 4.90 Å². The standard InChI is InChI=1S/C22H21ClN2O3S2/c1-2-24(12-11-23)18-9-7-17(8-10-18)16-5-3-15(4-6-16)13-19-21(28)25(14-20(26)27)22(29)30-19/h3-10,13H,2,11-12,14H2,1H3,(H,26,27)/b19-13+. The lowest BCUT2D eigenvalue weighted by Gasteiger charge is -2.22. The molecule has 1 aliphatic heterocycles. The summed E-state index contributed by atoms with van der Waals surface area (Å²) in [6.07, 6.45) is 1.74. The largest absolute Gasteiger partial charge is 0.480 e. The lowest BCUT2D eigenvalue weighted by atomic mass is 10.0. The minimum atomic E-state index is -1.09. The molecule has 1 aliphatic rings. The molecule has 8 heteroatoms. The molecule has 1 heterocycles. The summed E-state index contributed by atoms with van der Waals surface area (Å²) in [5.74, 6) is -0.872. The summed E-state index contributed by atoms with van der Waals surface area (Å²) in [5, 5.41) is 8.92. The zero-order valence-corrected chi connectivity index (χ0v) is 18.8. The number of carbonyl (C=O) groups excluding carboxylic acids is 1. The van der Waals surface area contributed by atoms with Crippen LogP contribution >= 0.6 is 35.6 Å². The Morgan fingerprint density at radius 2 is 1.77 bits per heavy atom. The Kier molecular flexibility index (Phi) is 7.53. The van der Waals surface area contributed by atoms with Gasteiger partial charge in [0.2, 0.25) is 0 Å². The molecule has 2 aromatic carbocycles. The Bertz CT molecular complexity index is 975. The Balaban J connectivity index is 1.74. The second kappa shape index (κ2) is 10.1. The number of alkyl halides is 1. The van der Waals surface area contributed by atoms with Gasteiger partial charge in [-0.25, -0.2) is 0 Å². The molecule has 0 atom stereocenters. The number of aliphatic carboxylic acids is 1. The first-order valence-corrected chi connectivity index (χ1v) is 11.2. The molecule has 2 aromatic rings. The molecule has 0 aromatic heterocycles. The number of hydrogen-bond acceptors (Lipinski definition) is 5. The molecule has 1 amide bonds. The fraction of sp³-hybridized carbons (Fsp3) is 0.227. The fourth-order valence-electron chi connectivity index (χ4n) is 3.13. The number of rotatable bonds is 8. The lowest BCUT2D eigenvalue weighted by molar-refractivity contribution is -0.140. The molecule has 0 saturated carbocycles.